The van der Waals surface area contributed by atoms with Crippen molar-refractivity contribution in [1.29, 1.82) is 0 Å². The summed E-state index contributed by atoms with van der Waals surface area (Å²) in [6.45, 7) is 4.21. The first-order valence-corrected chi connectivity index (χ1v) is 6.58. The van der Waals surface area contributed by atoms with Gasteiger partial charge in [-0.2, -0.15) is 5.10 Å². The second-order valence-electron chi connectivity index (χ2n) is 4.77. The zero-order chi connectivity index (χ0) is 13.9. The number of nitrogens with zero attached hydrogens (tertiary/aromatic N) is 1. The van der Waals surface area contributed by atoms with Gasteiger partial charge in [0.05, 0.1) is 6.20 Å². The number of aromatic nitrogens is 2. The summed E-state index contributed by atoms with van der Waals surface area (Å²) in [5.41, 5.74) is 4.51. The number of ether oxygens (including phenoxy) is 1. The Morgan fingerprint density at radius 1 is 0.950 bits per heavy atom. The number of hydrogen-bond acceptors (Lipinski definition) is 2. The van der Waals surface area contributed by atoms with Crippen molar-refractivity contribution < 1.29 is 4.74 Å². The van der Waals surface area contributed by atoms with E-state index in [1.54, 1.807) is 6.20 Å². The molecule has 0 saturated heterocycles. The lowest BCUT2D eigenvalue weighted by Crippen LogP contribution is -1.90. The minimum absolute atomic E-state index is 0.741. The molecule has 0 aliphatic carbocycles. The number of aryl methyl sites for hydroxylation is 1. The number of benzene rings is 2. The smallest absolute Gasteiger partial charge is 0.173 e. The largest absolute Gasteiger partial charge is 0.453 e. The van der Waals surface area contributed by atoms with Crippen molar-refractivity contribution in [2.24, 2.45) is 0 Å². The molecule has 3 heteroatoms. The van der Waals surface area contributed by atoms with Crippen molar-refractivity contribution >= 4 is 0 Å². The third-order valence-electron chi connectivity index (χ3n) is 3.45. The molecule has 1 N–H and O–H groups in total. The molecule has 0 aliphatic heterocycles. The van der Waals surface area contributed by atoms with Gasteiger partial charge < -0.3 is 4.74 Å². The van der Waals surface area contributed by atoms with Gasteiger partial charge in [-0.05, 0) is 37.1 Å². The molecule has 0 spiro atoms. The lowest BCUT2D eigenvalue weighted by atomic mass is 10.0. The van der Waals surface area contributed by atoms with Gasteiger partial charge in [0.15, 0.2) is 5.75 Å². The molecule has 0 fully saturated rings. The molecule has 0 bridgehead atoms. The standard InChI is InChI=1S/C17H16N2O/c1-12-7-6-10-15(13(12)2)17-16(11-18-19-17)20-14-8-4-3-5-9-14/h3-11H,1-2H3,(H,18,19). The van der Waals surface area contributed by atoms with Crippen LogP contribution in [0.15, 0.2) is 54.7 Å². The Morgan fingerprint density at radius 3 is 2.55 bits per heavy atom. The molecule has 0 aliphatic rings. The van der Waals surface area contributed by atoms with Crippen molar-refractivity contribution in [3.05, 3.63) is 65.9 Å². The van der Waals surface area contributed by atoms with Crippen LogP contribution in [-0.2, 0) is 0 Å². The van der Waals surface area contributed by atoms with Gasteiger partial charge >= 0.3 is 0 Å². The van der Waals surface area contributed by atoms with Gasteiger partial charge in [-0.1, -0.05) is 36.4 Å². The Kier molecular flexibility index (Phi) is 3.25. The quantitative estimate of drug-likeness (QED) is 0.757. The van der Waals surface area contributed by atoms with E-state index in [-0.39, 0.29) is 0 Å². The molecule has 1 heterocycles. The lowest BCUT2D eigenvalue weighted by Gasteiger charge is -2.09. The summed E-state index contributed by atoms with van der Waals surface area (Å²) in [7, 11) is 0. The van der Waals surface area contributed by atoms with Crippen molar-refractivity contribution in [2.45, 2.75) is 13.8 Å². The van der Waals surface area contributed by atoms with Crippen molar-refractivity contribution in [3.8, 4) is 22.8 Å². The predicted octanol–water partition coefficient (Wildman–Crippen LogP) is 4.49. The number of para-hydroxylation sites is 1. The minimum atomic E-state index is 0.741. The second-order valence-corrected chi connectivity index (χ2v) is 4.77. The van der Waals surface area contributed by atoms with Crippen LogP contribution in [0.25, 0.3) is 11.3 Å². The summed E-state index contributed by atoms with van der Waals surface area (Å²) in [6.07, 6.45) is 1.71. The van der Waals surface area contributed by atoms with E-state index in [2.05, 4.69) is 36.2 Å². The van der Waals surface area contributed by atoms with Crippen LogP contribution < -0.4 is 4.74 Å². The molecule has 0 atom stereocenters. The molecule has 3 aromatic rings. The van der Waals surface area contributed by atoms with Crippen molar-refractivity contribution in [1.82, 2.24) is 10.2 Å². The van der Waals surface area contributed by atoms with Crippen LogP contribution in [0, 0.1) is 13.8 Å². The zero-order valence-electron chi connectivity index (χ0n) is 11.6. The van der Waals surface area contributed by atoms with E-state index in [0.29, 0.717) is 0 Å². The monoisotopic (exact) mass is 264 g/mol. The first kappa shape index (κ1) is 12.5. The van der Waals surface area contributed by atoms with Crippen LogP contribution in [0.1, 0.15) is 11.1 Å². The second kappa shape index (κ2) is 5.21. The maximum Gasteiger partial charge on any atom is 0.173 e. The van der Waals surface area contributed by atoms with Gasteiger partial charge in [-0.25, -0.2) is 0 Å². The normalized spacial score (nSPS) is 10.5. The van der Waals surface area contributed by atoms with E-state index in [1.165, 1.54) is 11.1 Å². The highest BCUT2D eigenvalue weighted by atomic mass is 16.5. The molecular weight excluding hydrogens is 248 g/mol. The van der Waals surface area contributed by atoms with Gasteiger partial charge in [0.2, 0.25) is 0 Å². The molecule has 100 valence electrons. The molecule has 3 nitrogen and oxygen atoms in total. The third kappa shape index (κ3) is 2.30. The van der Waals surface area contributed by atoms with Crippen LogP contribution >= 0.6 is 0 Å². The Bertz CT molecular complexity index is 717. The van der Waals surface area contributed by atoms with E-state index < -0.39 is 0 Å². The number of nitrogens with one attached hydrogen (secondary N) is 1. The maximum atomic E-state index is 5.91. The van der Waals surface area contributed by atoms with Crippen LogP contribution in [0.4, 0.5) is 0 Å². The average Bonchev–Trinajstić information content (AvgIpc) is 2.91. The van der Waals surface area contributed by atoms with E-state index in [1.807, 2.05) is 36.4 Å². The molecule has 0 amide bonds. The Hall–Kier alpha value is -2.55. The number of hydrogen-bond donors (Lipinski definition) is 1. The number of rotatable bonds is 3. The van der Waals surface area contributed by atoms with Crippen molar-refractivity contribution in [3.63, 3.8) is 0 Å². The molecule has 0 saturated carbocycles. The molecule has 0 unspecified atom stereocenters. The fourth-order valence-corrected chi connectivity index (χ4v) is 2.18. The van der Waals surface area contributed by atoms with Gasteiger partial charge in [-0.3, -0.25) is 5.10 Å². The molecule has 2 aromatic carbocycles. The summed E-state index contributed by atoms with van der Waals surface area (Å²) in [5.74, 6) is 1.55. The molecular formula is C17H16N2O. The van der Waals surface area contributed by atoms with Gasteiger partial charge in [0, 0.05) is 5.56 Å². The fourth-order valence-electron chi connectivity index (χ4n) is 2.18. The molecule has 0 radical (unpaired) electrons. The van der Waals surface area contributed by atoms with Crippen LogP contribution in [0.5, 0.6) is 11.5 Å². The summed E-state index contributed by atoms with van der Waals surface area (Å²) in [4.78, 5) is 0. The lowest BCUT2D eigenvalue weighted by molar-refractivity contribution is 0.484. The van der Waals surface area contributed by atoms with Crippen LogP contribution in [-0.4, -0.2) is 10.2 Å². The first-order chi connectivity index (χ1) is 9.75. The first-order valence-electron chi connectivity index (χ1n) is 6.58. The Morgan fingerprint density at radius 2 is 1.75 bits per heavy atom. The SMILES string of the molecule is Cc1cccc(-c2[nH]ncc2Oc2ccccc2)c1C. The highest BCUT2D eigenvalue weighted by molar-refractivity contribution is 5.70. The van der Waals surface area contributed by atoms with E-state index >= 15 is 0 Å². The Balaban J connectivity index is 2.00. The summed E-state index contributed by atoms with van der Waals surface area (Å²) < 4.78 is 5.91. The molecule has 3 rings (SSSR count). The fraction of sp³-hybridized carbons (Fsp3) is 0.118. The summed E-state index contributed by atoms with van der Waals surface area (Å²) >= 11 is 0. The third-order valence-corrected chi connectivity index (χ3v) is 3.45. The average molecular weight is 264 g/mol. The number of aromatic amines is 1. The maximum absolute atomic E-state index is 5.91. The predicted molar refractivity (Wildman–Crippen MR) is 80.0 cm³/mol. The minimum Gasteiger partial charge on any atom is -0.453 e. The van der Waals surface area contributed by atoms with Crippen LogP contribution in [0.2, 0.25) is 0 Å². The summed E-state index contributed by atoms with van der Waals surface area (Å²) in [5, 5.41) is 7.15. The molecule has 1 aromatic heterocycles. The summed E-state index contributed by atoms with van der Waals surface area (Å²) in [6, 6.07) is 16.0. The Labute approximate surface area is 118 Å². The topological polar surface area (TPSA) is 37.9 Å². The van der Waals surface area contributed by atoms with Crippen LogP contribution in [0.3, 0.4) is 0 Å². The number of H-pyrrole nitrogens is 1. The van der Waals surface area contributed by atoms with E-state index in [4.69, 9.17) is 4.74 Å². The highest BCUT2D eigenvalue weighted by Gasteiger charge is 2.12. The van der Waals surface area contributed by atoms with E-state index in [0.717, 1.165) is 22.8 Å². The van der Waals surface area contributed by atoms with Gasteiger partial charge in [0.1, 0.15) is 11.4 Å². The van der Waals surface area contributed by atoms with Gasteiger partial charge in [-0.15, -0.1) is 0 Å². The zero-order valence-corrected chi connectivity index (χ0v) is 11.6. The molecule has 20 heavy (non-hydrogen) atoms. The highest BCUT2D eigenvalue weighted by Crippen LogP contribution is 2.33. The van der Waals surface area contributed by atoms with Gasteiger partial charge in [0.25, 0.3) is 0 Å². The van der Waals surface area contributed by atoms with Crippen molar-refractivity contribution in [2.75, 3.05) is 0 Å². The van der Waals surface area contributed by atoms with E-state index in [9.17, 15) is 0 Å².